The van der Waals surface area contributed by atoms with Crippen LogP contribution in [-0.4, -0.2) is 6.61 Å². The fourth-order valence-electron chi connectivity index (χ4n) is 1.74. The van der Waals surface area contributed by atoms with E-state index in [1.54, 1.807) is 0 Å². The summed E-state index contributed by atoms with van der Waals surface area (Å²) < 4.78 is 1.07. The maximum Gasteiger partial charge on any atom is 0.0893 e. The Morgan fingerprint density at radius 2 is 2.23 bits per heavy atom. The molecule has 0 saturated heterocycles. The molecule has 0 spiro atoms. The minimum Gasteiger partial charge on any atom is -0.236 e. The predicted molar refractivity (Wildman–Crippen MR) is 55.2 cm³/mol. The van der Waals surface area contributed by atoms with Gasteiger partial charge in [0.25, 0.3) is 0 Å². The van der Waals surface area contributed by atoms with Gasteiger partial charge in [-0.25, -0.2) is 5.11 Å². The lowest BCUT2D eigenvalue weighted by atomic mass is 9.95. The number of hydrogen-bond acceptors (Lipinski definition) is 0. The summed E-state index contributed by atoms with van der Waals surface area (Å²) in [6.45, 7) is 0.0289. The molecule has 0 heterocycles. The van der Waals surface area contributed by atoms with Crippen LogP contribution in [0.4, 0.5) is 0 Å². The third kappa shape index (κ3) is 2.12. The summed E-state index contributed by atoms with van der Waals surface area (Å²) in [5.74, 6) is 0.907. The summed E-state index contributed by atoms with van der Waals surface area (Å²) in [7, 11) is 0. The van der Waals surface area contributed by atoms with E-state index in [9.17, 15) is 5.11 Å². The number of halogens is 1. The van der Waals surface area contributed by atoms with Gasteiger partial charge in [-0.15, -0.1) is 0 Å². The molecule has 1 nitrogen and oxygen atoms in total. The Balaban J connectivity index is 2.21. The Bertz CT molecular complexity index is 294. The first kappa shape index (κ1) is 9.22. The lowest BCUT2D eigenvalue weighted by molar-refractivity contribution is 0.164. The van der Waals surface area contributed by atoms with Gasteiger partial charge in [0.15, 0.2) is 0 Å². The molecule has 1 unspecified atom stereocenters. The van der Waals surface area contributed by atoms with Crippen LogP contribution in [0.25, 0.3) is 0 Å². The van der Waals surface area contributed by atoms with Crippen LogP contribution < -0.4 is 0 Å². The van der Waals surface area contributed by atoms with Gasteiger partial charge in [0.05, 0.1) is 6.61 Å². The van der Waals surface area contributed by atoms with Crippen LogP contribution in [0.1, 0.15) is 24.3 Å². The van der Waals surface area contributed by atoms with Gasteiger partial charge in [-0.1, -0.05) is 28.1 Å². The highest BCUT2D eigenvalue weighted by Crippen LogP contribution is 2.42. The highest BCUT2D eigenvalue weighted by molar-refractivity contribution is 9.10. The molecule has 1 aromatic carbocycles. The molecular weight excluding hydrogens is 228 g/mol. The summed E-state index contributed by atoms with van der Waals surface area (Å²) in [5, 5.41) is 11.0. The predicted octanol–water partition coefficient (Wildman–Crippen LogP) is 3.37. The largest absolute Gasteiger partial charge is 0.236 e. The van der Waals surface area contributed by atoms with Crippen molar-refractivity contribution in [3.8, 4) is 0 Å². The van der Waals surface area contributed by atoms with Crippen LogP contribution in [0.15, 0.2) is 28.7 Å². The van der Waals surface area contributed by atoms with Crippen LogP contribution in [-0.2, 0) is 5.11 Å². The molecule has 1 fully saturated rings. The Labute approximate surface area is 86.9 Å². The van der Waals surface area contributed by atoms with Crippen molar-refractivity contribution in [2.24, 2.45) is 5.92 Å². The van der Waals surface area contributed by atoms with Gasteiger partial charge in [0.2, 0.25) is 0 Å². The SMILES string of the molecule is [O]CC(c1cccc(Br)c1)C1CC1. The molecule has 1 aliphatic carbocycles. The van der Waals surface area contributed by atoms with Crippen molar-refractivity contribution in [3.63, 3.8) is 0 Å². The van der Waals surface area contributed by atoms with E-state index in [0.29, 0.717) is 5.92 Å². The summed E-state index contributed by atoms with van der Waals surface area (Å²) in [6, 6.07) is 8.13. The van der Waals surface area contributed by atoms with Crippen LogP contribution in [0.3, 0.4) is 0 Å². The van der Waals surface area contributed by atoms with Crippen molar-refractivity contribution in [3.05, 3.63) is 34.3 Å². The lowest BCUT2D eigenvalue weighted by Gasteiger charge is -2.12. The first-order valence-corrected chi connectivity index (χ1v) is 5.44. The van der Waals surface area contributed by atoms with Crippen molar-refractivity contribution < 1.29 is 5.11 Å². The zero-order chi connectivity index (χ0) is 9.26. The molecule has 2 rings (SSSR count). The summed E-state index contributed by atoms with van der Waals surface area (Å²) in [6.07, 6.45) is 2.47. The van der Waals surface area contributed by atoms with Crippen molar-refractivity contribution >= 4 is 15.9 Å². The van der Waals surface area contributed by atoms with Gasteiger partial charge in [0, 0.05) is 10.4 Å². The van der Waals surface area contributed by atoms with Crippen LogP contribution in [0.5, 0.6) is 0 Å². The number of rotatable bonds is 3. The molecule has 0 bridgehead atoms. The fraction of sp³-hybridized carbons (Fsp3) is 0.455. The molecule has 1 radical (unpaired) electrons. The van der Waals surface area contributed by atoms with Gasteiger partial charge in [-0.2, -0.15) is 0 Å². The number of hydrogen-bond donors (Lipinski definition) is 0. The Morgan fingerprint density at radius 3 is 2.77 bits per heavy atom. The molecule has 1 aliphatic rings. The molecule has 0 N–H and O–H groups in total. The highest BCUT2D eigenvalue weighted by Gasteiger charge is 2.32. The maximum absolute atomic E-state index is 11.0. The average molecular weight is 240 g/mol. The van der Waals surface area contributed by atoms with Crippen molar-refractivity contribution in [1.82, 2.24) is 0 Å². The minimum atomic E-state index is 0.0289. The lowest BCUT2D eigenvalue weighted by Crippen LogP contribution is -2.05. The van der Waals surface area contributed by atoms with E-state index in [0.717, 1.165) is 4.47 Å². The quantitative estimate of drug-likeness (QED) is 0.771. The summed E-state index contributed by atoms with van der Waals surface area (Å²) in [5.41, 5.74) is 1.20. The van der Waals surface area contributed by atoms with E-state index in [2.05, 4.69) is 28.1 Å². The average Bonchev–Trinajstić information content (AvgIpc) is 2.90. The molecule has 0 amide bonds. The van der Waals surface area contributed by atoms with Gasteiger partial charge in [-0.05, 0) is 36.5 Å². The van der Waals surface area contributed by atoms with Gasteiger partial charge >= 0.3 is 0 Å². The van der Waals surface area contributed by atoms with Gasteiger partial charge < -0.3 is 0 Å². The second-order valence-electron chi connectivity index (χ2n) is 3.67. The van der Waals surface area contributed by atoms with E-state index < -0.39 is 0 Å². The molecule has 1 saturated carbocycles. The van der Waals surface area contributed by atoms with E-state index in [4.69, 9.17) is 0 Å². The number of benzene rings is 1. The van der Waals surface area contributed by atoms with Crippen LogP contribution >= 0.6 is 15.9 Å². The monoisotopic (exact) mass is 239 g/mol. The van der Waals surface area contributed by atoms with E-state index in [-0.39, 0.29) is 12.5 Å². The second-order valence-corrected chi connectivity index (χ2v) is 4.58. The van der Waals surface area contributed by atoms with E-state index in [1.807, 2.05) is 12.1 Å². The Morgan fingerprint density at radius 1 is 1.46 bits per heavy atom. The molecule has 1 atom stereocenters. The molecule has 0 aliphatic heterocycles. The second kappa shape index (κ2) is 3.81. The Hall–Kier alpha value is -0.340. The summed E-state index contributed by atoms with van der Waals surface area (Å²) >= 11 is 3.43. The third-order valence-electron chi connectivity index (χ3n) is 2.65. The normalized spacial score (nSPS) is 18.6. The molecule has 2 heteroatoms. The van der Waals surface area contributed by atoms with Gasteiger partial charge in [-0.3, -0.25) is 0 Å². The fourth-order valence-corrected chi connectivity index (χ4v) is 2.16. The topological polar surface area (TPSA) is 19.9 Å². The van der Waals surface area contributed by atoms with Crippen LogP contribution in [0.2, 0.25) is 0 Å². The first-order valence-electron chi connectivity index (χ1n) is 4.65. The van der Waals surface area contributed by atoms with Crippen molar-refractivity contribution in [1.29, 1.82) is 0 Å². The summed E-state index contributed by atoms with van der Waals surface area (Å²) in [4.78, 5) is 0. The molecule has 1 aromatic rings. The molecular formula is C11H12BrO. The zero-order valence-electron chi connectivity index (χ0n) is 7.37. The molecule has 0 aromatic heterocycles. The first-order chi connectivity index (χ1) is 6.31. The van der Waals surface area contributed by atoms with E-state index >= 15 is 0 Å². The molecule has 13 heavy (non-hydrogen) atoms. The van der Waals surface area contributed by atoms with Crippen molar-refractivity contribution in [2.45, 2.75) is 18.8 Å². The van der Waals surface area contributed by atoms with Crippen molar-refractivity contribution in [2.75, 3.05) is 6.61 Å². The third-order valence-corrected chi connectivity index (χ3v) is 3.14. The van der Waals surface area contributed by atoms with Gasteiger partial charge in [0.1, 0.15) is 0 Å². The maximum atomic E-state index is 11.0. The van der Waals surface area contributed by atoms with Crippen LogP contribution in [0, 0.1) is 5.92 Å². The minimum absolute atomic E-state index is 0.0289. The smallest absolute Gasteiger partial charge is 0.0893 e. The van der Waals surface area contributed by atoms with E-state index in [1.165, 1.54) is 18.4 Å². The standard InChI is InChI=1S/C11H12BrO/c12-10-3-1-2-9(6-10)11(7-13)8-4-5-8/h1-3,6,8,11H,4-5,7H2. The Kier molecular flexibility index (Phi) is 2.70. The highest BCUT2D eigenvalue weighted by atomic mass is 79.9. The molecule has 69 valence electrons. The zero-order valence-corrected chi connectivity index (χ0v) is 8.96.